The third kappa shape index (κ3) is 3.45. The molecule has 0 amide bonds. The summed E-state index contributed by atoms with van der Waals surface area (Å²) in [6.07, 6.45) is 1.56. The monoisotopic (exact) mass is 364 g/mol. The summed E-state index contributed by atoms with van der Waals surface area (Å²) in [5, 5.41) is 9.14. The molecule has 1 aliphatic rings. The molecule has 1 saturated heterocycles. The zero-order valence-corrected chi connectivity index (χ0v) is 13.9. The lowest BCUT2D eigenvalue weighted by Crippen LogP contribution is -2.49. The van der Waals surface area contributed by atoms with Crippen molar-refractivity contribution in [3.63, 3.8) is 0 Å². The van der Waals surface area contributed by atoms with Gasteiger partial charge in [0.2, 0.25) is 10.0 Å². The highest BCUT2D eigenvalue weighted by Gasteiger charge is 2.30. The summed E-state index contributed by atoms with van der Waals surface area (Å²) in [5.41, 5.74) is 0.408. The molecule has 9 heteroatoms. The number of sulfonamides is 1. The Kier molecular flexibility index (Phi) is 4.65. The second-order valence-corrected chi connectivity index (χ2v) is 7.42. The van der Waals surface area contributed by atoms with Gasteiger partial charge >= 0.3 is 0 Å². The Labute approximate surface area is 144 Å². The van der Waals surface area contributed by atoms with Gasteiger partial charge in [-0.25, -0.2) is 22.2 Å². The lowest BCUT2D eigenvalue weighted by molar-refractivity contribution is 0.383. The van der Waals surface area contributed by atoms with E-state index >= 15 is 0 Å². The van der Waals surface area contributed by atoms with Crippen LogP contribution in [0.4, 0.5) is 14.6 Å². The number of anilines is 1. The van der Waals surface area contributed by atoms with Crippen LogP contribution in [-0.4, -0.2) is 43.9 Å². The highest BCUT2D eigenvalue weighted by atomic mass is 32.2. The number of benzene rings is 1. The van der Waals surface area contributed by atoms with E-state index in [2.05, 4.69) is 11.1 Å². The van der Waals surface area contributed by atoms with Crippen LogP contribution in [0.2, 0.25) is 0 Å². The second kappa shape index (κ2) is 6.74. The first-order valence-corrected chi connectivity index (χ1v) is 8.92. The van der Waals surface area contributed by atoms with Gasteiger partial charge in [-0.2, -0.15) is 9.57 Å². The van der Waals surface area contributed by atoms with Crippen LogP contribution < -0.4 is 4.90 Å². The average Bonchev–Trinajstić information content (AvgIpc) is 2.61. The van der Waals surface area contributed by atoms with E-state index in [4.69, 9.17) is 5.26 Å². The van der Waals surface area contributed by atoms with E-state index in [1.807, 2.05) is 4.90 Å². The lowest BCUT2D eigenvalue weighted by atomic mass is 10.2. The zero-order chi connectivity index (χ0) is 18.0. The predicted octanol–water partition coefficient (Wildman–Crippen LogP) is 1.74. The summed E-state index contributed by atoms with van der Waals surface area (Å²) < 4.78 is 52.9. The number of pyridine rings is 1. The molecule has 0 radical (unpaired) electrons. The van der Waals surface area contributed by atoms with Crippen molar-refractivity contribution in [1.82, 2.24) is 9.29 Å². The molecule has 0 bridgehead atoms. The van der Waals surface area contributed by atoms with Crippen LogP contribution in [0.3, 0.4) is 0 Å². The predicted molar refractivity (Wildman–Crippen MR) is 86.3 cm³/mol. The summed E-state index contributed by atoms with van der Waals surface area (Å²) >= 11 is 0. The molecule has 25 heavy (non-hydrogen) atoms. The summed E-state index contributed by atoms with van der Waals surface area (Å²) in [6.45, 7) is 0.898. The maximum absolute atomic E-state index is 13.3. The Morgan fingerprint density at radius 2 is 1.72 bits per heavy atom. The van der Waals surface area contributed by atoms with Crippen molar-refractivity contribution in [1.29, 1.82) is 5.26 Å². The first-order chi connectivity index (χ1) is 11.9. The average molecular weight is 364 g/mol. The third-order valence-electron chi connectivity index (χ3n) is 3.92. The Balaban J connectivity index is 1.79. The van der Waals surface area contributed by atoms with Gasteiger partial charge in [-0.1, -0.05) is 0 Å². The van der Waals surface area contributed by atoms with E-state index in [-0.39, 0.29) is 13.1 Å². The minimum atomic E-state index is -3.99. The van der Waals surface area contributed by atoms with Crippen molar-refractivity contribution < 1.29 is 17.2 Å². The topological polar surface area (TPSA) is 77.3 Å². The smallest absolute Gasteiger partial charge is 0.243 e. The molecule has 0 saturated carbocycles. The van der Waals surface area contributed by atoms with Gasteiger partial charge in [-0.15, -0.1) is 0 Å². The molecule has 6 nitrogen and oxygen atoms in total. The van der Waals surface area contributed by atoms with E-state index in [0.717, 1.165) is 12.1 Å². The third-order valence-corrected chi connectivity index (χ3v) is 5.80. The van der Waals surface area contributed by atoms with Crippen LogP contribution >= 0.6 is 0 Å². The zero-order valence-electron chi connectivity index (χ0n) is 13.1. The fourth-order valence-electron chi connectivity index (χ4n) is 2.70. The number of nitrogens with zero attached hydrogens (tertiary/aromatic N) is 4. The molecule has 2 aromatic rings. The summed E-state index contributed by atoms with van der Waals surface area (Å²) in [7, 11) is -3.99. The van der Waals surface area contributed by atoms with E-state index in [9.17, 15) is 17.2 Å². The Hall–Kier alpha value is -2.57. The van der Waals surface area contributed by atoms with Gasteiger partial charge in [0.15, 0.2) is 0 Å². The molecule has 0 N–H and O–H groups in total. The van der Waals surface area contributed by atoms with E-state index < -0.39 is 26.6 Å². The molecule has 0 aliphatic carbocycles. The van der Waals surface area contributed by atoms with Gasteiger partial charge in [-0.05, 0) is 24.3 Å². The van der Waals surface area contributed by atoms with Gasteiger partial charge in [0.1, 0.15) is 23.5 Å². The normalized spacial score (nSPS) is 15.8. The largest absolute Gasteiger partial charge is 0.353 e. The van der Waals surface area contributed by atoms with Crippen molar-refractivity contribution in [3.8, 4) is 6.07 Å². The maximum Gasteiger partial charge on any atom is 0.243 e. The summed E-state index contributed by atoms with van der Waals surface area (Å²) in [6, 6.07) is 7.58. The number of nitriles is 1. The van der Waals surface area contributed by atoms with Gasteiger partial charge in [0.05, 0.1) is 10.5 Å². The second-order valence-electron chi connectivity index (χ2n) is 5.48. The van der Waals surface area contributed by atoms with Crippen LogP contribution in [-0.2, 0) is 10.0 Å². The molecule has 0 unspecified atom stereocenters. The van der Waals surface area contributed by atoms with Gasteiger partial charge in [0.25, 0.3) is 0 Å². The lowest BCUT2D eigenvalue weighted by Gasteiger charge is -2.34. The van der Waals surface area contributed by atoms with E-state index in [1.54, 1.807) is 18.3 Å². The van der Waals surface area contributed by atoms with Crippen LogP contribution in [0.5, 0.6) is 0 Å². The molecule has 0 spiro atoms. The molecule has 0 atom stereocenters. The number of hydrogen-bond acceptors (Lipinski definition) is 5. The SMILES string of the molecule is N#Cc1cccnc1N1CCN(S(=O)(=O)c2cc(F)cc(F)c2)CC1. The van der Waals surface area contributed by atoms with Crippen molar-refractivity contribution in [3.05, 3.63) is 53.7 Å². The van der Waals surface area contributed by atoms with Crippen LogP contribution in [0.15, 0.2) is 41.4 Å². The minimum Gasteiger partial charge on any atom is -0.353 e. The fourth-order valence-corrected chi connectivity index (χ4v) is 4.17. The number of aromatic nitrogens is 1. The molecule has 1 aromatic carbocycles. The van der Waals surface area contributed by atoms with Crippen LogP contribution in [0.25, 0.3) is 0 Å². The fraction of sp³-hybridized carbons (Fsp3) is 0.250. The summed E-state index contributed by atoms with van der Waals surface area (Å²) in [5.74, 6) is -1.38. The van der Waals surface area contributed by atoms with Gasteiger partial charge < -0.3 is 4.90 Å². The van der Waals surface area contributed by atoms with Crippen molar-refractivity contribution in [2.45, 2.75) is 4.90 Å². The molecule has 130 valence electrons. The first kappa shape index (κ1) is 17.3. The Morgan fingerprint density at radius 3 is 2.32 bits per heavy atom. The molecule has 3 rings (SSSR count). The molecule has 1 aliphatic heterocycles. The van der Waals surface area contributed by atoms with Crippen LogP contribution in [0.1, 0.15) is 5.56 Å². The number of halogens is 2. The Bertz CT molecular complexity index is 915. The molecular weight excluding hydrogens is 350 g/mol. The first-order valence-electron chi connectivity index (χ1n) is 7.48. The number of piperazine rings is 1. The van der Waals surface area contributed by atoms with E-state index in [0.29, 0.717) is 30.5 Å². The highest BCUT2D eigenvalue weighted by Crippen LogP contribution is 2.23. The van der Waals surface area contributed by atoms with Crippen LogP contribution in [0, 0.1) is 23.0 Å². The summed E-state index contributed by atoms with van der Waals surface area (Å²) in [4.78, 5) is 5.59. The number of rotatable bonds is 3. The van der Waals surface area contributed by atoms with Crippen molar-refractivity contribution in [2.75, 3.05) is 31.1 Å². The molecule has 2 heterocycles. The van der Waals surface area contributed by atoms with Gasteiger partial charge in [0, 0.05) is 38.4 Å². The molecular formula is C16H14F2N4O2S. The molecule has 1 aromatic heterocycles. The van der Waals surface area contributed by atoms with Crippen molar-refractivity contribution in [2.24, 2.45) is 0 Å². The van der Waals surface area contributed by atoms with E-state index in [1.165, 1.54) is 4.31 Å². The van der Waals surface area contributed by atoms with Crippen molar-refractivity contribution >= 4 is 15.8 Å². The quantitative estimate of drug-likeness (QED) is 0.829. The highest BCUT2D eigenvalue weighted by molar-refractivity contribution is 7.89. The maximum atomic E-state index is 13.3. The molecule has 1 fully saturated rings. The standard InChI is InChI=1S/C16H14F2N4O2S/c17-13-8-14(18)10-15(9-13)25(23,24)22-6-4-21(5-7-22)16-12(11-19)2-1-3-20-16/h1-3,8-10H,4-7H2. The number of hydrogen-bond donors (Lipinski definition) is 0. The minimum absolute atomic E-state index is 0.127. The Morgan fingerprint density at radius 1 is 1.08 bits per heavy atom. The van der Waals surface area contributed by atoms with Gasteiger partial charge in [-0.3, -0.25) is 0 Å².